The second kappa shape index (κ2) is 7.84. The largest absolute Gasteiger partial charge is 0.393 e. The number of benzene rings is 2. The highest BCUT2D eigenvalue weighted by Crippen LogP contribution is 2.45. The molecule has 30 heavy (non-hydrogen) atoms. The van der Waals surface area contributed by atoms with Gasteiger partial charge >= 0.3 is 6.18 Å². The van der Waals surface area contributed by atoms with Gasteiger partial charge < -0.3 is 5.73 Å². The Labute approximate surface area is 173 Å². The molecule has 0 aliphatic carbocycles. The van der Waals surface area contributed by atoms with Gasteiger partial charge in [0.05, 0.1) is 16.2 Å². The van der Waals surface area contributed by atoms with E-state index in [2.05, 4.69) is 0 Å². The average Bonchev–Trinajstić information content (AvgIpc) is 2.99. The van der Waals surface area contributed by atoms with Crippen molar-refractivity contribution in [3.8, 4) is 21.6 Å². The van der Waals surface area contributed by atoms with Gasteiger partial charge in [-0.3, -0.25) is 4.79 Å². The number of sulfone groups is 1. The van der Waals surface area contributed by atoms with E-state index in [1.807, 2.05) is 0 Å². The summed E-state index contributed by atoms with van der Waals surface area (Å²) < 4.78 is 76.6. The van der Waals surface area contributed by atoms with E-state index >= 15 is 0 Å². The Morgan fingerprint density at radius 2 is 1.53 bits per heavy atom. The molecule has 0 aliphatic rings. The van der Waals surface area contributed by atoms with Crippen LogP contribution < -0.4 is 5.73 Å². The smallest absolute Gasteiger partial charge is 0.365 e. The lowest BCUT2D eigenvalue weighted by molar-refractivity contribution is -0.127. The molecular weight excluding hydrogens is 442 g/mol. The predicted molar refractivity (Wildman–Crippen MR) is 107 cm³/mol. The monoisotopic (exact) mass is 457 g/mol. The van der Waals surface area contributed by atoms with Crippen LogP contribution in [-0.4, -0.2) is 26.8 Å². The molecule has 10 heteroatoms. The van der Waals surface area contributed by atoms with Gasteiger partial charge in [-0.1, -0.05) is 24.3 Å². The number of rotatable bonds is 5. The number of thiophene rings is 1. The maximum atomic E-state index is 13.3. The summed E-state index contributed by atoms with van der Waals surface area (Å²) in [6.45, 7) is 0. The third-order valence-electron chi connectivity index (χ3n) is 4.29. The van der Waals surface area contributed by atoms with Gasteiger partial charge in [0.1, 0.15) is 5.82 Å². The summed E-state index contributed by atoms with van der Waals surface area (Å²) in [6, 6.07) is 10.4. The summed E-state index contributed by atoms with van der Waals surface area (Å²) in [5.41, 5.74) is 5.84. The summed E-state index contributed by atoms with van der Waals surface area (Å²) in [5, 5.41) is 0. The van der Waals surface area contributed by atoms with Crippen LogP contribution in [0.3, 0.4) is 0 Å². The van der Waals surface area contributed by atoms with Crippen LogP contribution in [0.2, 0.25) is 0 Å². The molecule has 2 aromatic carbocycles. The highest BCUT2D eigenvalue weighted by atomic mass is 32.2. The summed E-state index contributed by atoms with van der Waals surface area (Å²) >= 11 is 0.783. The standard InChI is InChI=1S/C20H15F4NO3S2/c1-30(27,28)14-8-4-11(5-9-14)16-15(10-20(22,23)24)18(19(25)26)29-17(16)12-2-6-13(21)7-3-12/h2-9H,10H2,1H3,(H2,25,26). The normalized spacial score (nSPS) is 12.2. The van der Waals surface area contributed by atoms with Crippen LogP contribution in [0.4, 0.5) is 17.6 Å². The summed E-state index contributed by atoms with van der Waals surface area (Å²) in [7, 11) is -3.51. The van der Waals surface area contributed by atoms with Gasteiger partial charge in [0, 0.05) is 16.7 Å². The first-order valence-corrected chi connectivity index (χ1v) is 11.2. The third kappa shape index (κ3) is 4.71. The Hall–Kier alpha value is -2.72. The topological polar surface area (TPSA) is 77.2 Å². The van der Waals surface area contributed by atoms with E-state index in [0.717, 1.165) is 29.7 Å². The molecule has 0 aliphatic heterocycles. The first kappa shape index (κ1) is 22.0. The second-order valence-corrected chi connectivity index (χ2v) is 9.61. The third-order valence-corrected chi connectivity index (χ3v) is 6.71. The van der Waals surface area contributed by atoms with Gasteiger partial charge in [-0.05, 0) is 41.0 Å². The molecule has 0 saturated heterocycles. The summed E-state index contributed by atoms with van der Waals surface area (Å²) in [4.78, 5) is 11.9. The summed E-state index contributed by atoms with van der Waals surface area (Å²) in [5.74, 6) is -1.54. The molecule has 2 N–H and O–H groups in total. The van der Waals surface area contributed by atoms with Crippen molar-refractivity contribution in [2.75, 3.05) is 6.26 Å². The van der Waals surface area contributed by atoms with E-state index in [0.29, 0.717) is 10.4 Å². The molecule has 0 saturated carbocycles. The second-order valence-electron chi connectivity index (χ2n) is 6.57. The van der Waals surface area contributed by atoms with Crippen molar-refractivity contribution < 1.29 is 30.8 Å². The van der Waals surface area contributed by atoms with E-state index in [-0.39, 0.29) is 26.5 Å². The van der Waals surface area contributed by atoms with E-state index < -0.39 is 34.2 Å². The zero-order valence-electron chi connectivity index (χ0n) is 15.5. The number of halogens is 4. The maximum absolute atomic E-state index is 13.3. The fourth-order valence-electron chi connectivity index (χ4n) is 3.01. The van der Waals surface area contributed by atoms with Crippen LogP contribution in [0, 0.1) is 5.82 Å². The molecule has 3 rings (SSSR count). The van der Waals surface area contributed by atoms with E-state index in [1.165, 1.54) is 36.4 Å². The predicted octanol–water partition coefficient (Wildman–Crippen LogP) is 4.83. The zero-order chi connectivity index (χ0) is 22.3. The highest BCUT2D eigenvalue weighted by Gasteiger charge is 2.34. The Balaban J connectivity index is 2.31. The number of hydrogen-bond acceptors (Lipinski definition) is 4. The van der Waals surface area contributed by atoms with Crippen LogP contribution in [0.25, 0.3) is 21.6 Å². The quantitative estimate of drug-likeness (QED) is 0.558. The maximum Gasteiger partial charge on any atom is 0.393 e. The molecule has 0 atom stereocenters. The van der Waals surface area contributed by atoms with Crippen molar-refractivity contribution >= 4 is 27.1 Å². The fourth-order valence-corrected chi connectivity index (χ4v) is 4.84. The molecule has 1 amide bonds. The molecule has 158 valence electrons. The van der Waals surface area contributed by atoms with E-state index in [1.54, 1.807) is 0 Å². The van der Waals surface area contributed by atoms with Gasteiger partial charge in [0.2, 0.25) is 0 Å². The highest BCUT2D eigenvalue weighted by molar-refractivity contribution is 7.90. The number of nitrogens with two attached hydrogens (primary N) is 1. The number of carbonyl (C=O) groups excluding carboxylic acids is 1. The molecule has 3 aromatic rings. The van der Waals surface area contributed by atoms with Crippen LogP contribution in [0.5, 0.6) is 0 Å². The fraction of sp³-hybridized carbons (Fsp3) is 0.150. The number of amides is 1. The zero-order valence-corrected chi connectivity index (χ0v) is 17.1. The Bertz CT molecular complexity index is 1200. The number of primary amides is 1. The SMILES string of the molecule is CS(=O)(=O)c1ccc(-c2c(-c3ccc(F)cc3)sc(C(N)=O)c2CC(F)(F)F)cc1. The van der Waals surface area contributed by atoms with Crippen molar-refractivity contribution in [2.45, 2.75) is 17.5 Å². The molecule has 1 aromatic heterocycles. The van der Waals surface area contributed by atoms with E-state index in [9.17, 15) is 30.8 Å². The Kier molecular flexibility index (Phi) is 5.74. The molecular formula is C20H15F4NO3S2. The minimum atomic E-state index is -4.62. The minimum absolute atomic E-state index is 0.00249. The number of carbonyl (C=O) groups is 1. The number of hydrogen-bond donors (Lipinski definition) is 1. The van der Waals surface area contributed by atoms with Gasteiger partial charge in [0.25, 0.3) is 5.91 Å². The molecule has 4 nitrogen and oxygen atoms in total. The van der Waals surface area contributed by atoms with Crippen molar-refractivity contribution in [2.24, 2.45) is 5.73 Å². The molecule has 0 bridgehead atoms. The Morgan fingerprint density at radius 3 is 2.00 bits per heavy atom. The molecule has 0 fully saturated rings. The van der Waals surface area contributed by atoms with Gasteiger partial charge in [-0.25, -0.2) is 12.8 Å². The first-order chi connectivity index (χ1) is 13.9. The van der Waals surface area contributed by atoms with Crippen molar-refractivity contribution in [1.82, 2.24) is 0 Å². The first-order valence-electron chi connectivity index (χ1n) is 8.45. The van der Waals surface area contributed by atoms with Crippen LogP contribution >= 0.6 is 11.3 Å². The molecule has 1 heterocycles. The van der Waals surface area contributed by atoms with E-state index in [4.69, 9.17) is 5.73 Å². The number of alkyl halides is 3. The average molecular weight is 457 g/mol. The van der Waals surface area contributed by atoms with Crippen molar-refractivity contribution in [3.05, 3.63) is 64.8 Å². The van der Waals surface area contributed by atoms with Crippen LogP contribution in [-0.2, 0) is 16.3 Å². The lowest BCUT2D eigenvalue weighted by Crippen LogP contribution is -2.17. The van der Waals surface area contributed by atoms with Gasteiger partial charge in [0.15, 0.2) is 9.84 Å². The summed E-state index contributed by atoms with van der Waals surface area (Å²) in [6.07, 6.45) is -5.00. The molecule has 0 spiro atoms. The van der Waals surface area contributed by atoms with Crippen LogP contribution in [0.1, 0.15) is 15.2 Å². The Morgan fingerprint density at radius 1 is 1.00 bits per heavy atom. The molecule has 0 radical (unpaired) electrons. The van der Waals surface area contributed by atoms with Crippen molar-refractivity contribution in [1.29, 1.82) is 0 Å². The van der Waals surface area contributed by atoms with Gasteiger partial charge in [-0.2, -0.15) is 13.2 Å². The van der Waals surface area contributed by atoms with Gasteiger partial charge in [-0.15, -0.1) is 11.3 Å². The lowest BCUT2D eigenvalue weighted by Gasteiger charge is -2.12. The lowest BCUT2D eigenvalue weighted by atomic mass is 9.95. The van der Waals surface area contributed by atoms with Crippen molar-refractivity contribution in [3.63, 3.8) is 0 Å². The minimum Gasteiger partial charge on any atom is -0.365 e. The van der Waals surface area contributed by atoms with Crippen LogP contribution in [0.15, 0.2) is 53.4 Å². The molecule has 0 unspecified atom stereocenters.